The first-order valence-electron chi connectivity index (χ1n) is 10.1. The molecule has 8 heteroatoms. The van der Waals surface area contributed by atoms with Crippen LogP contribution in [0.3, 0.4) is 0 Å². The number of methoxy groups -OCH3 is 1. The predicted molar refractivity (Wildman–Crippen MR) is 111 cm³/mol. The van der Waals surface area contributed by atoms with Gasteiger partial charge in [-0.3, -0.25) is 0 Å². The van der Waals surface area contributed by atoms with Gasteiger partial charge in [-0.15, -0.1) is 10.2 Å². The van der Waals surface area contributed by atoms with Gasteiger partial charge in [-0.1, -0.05) is 13.8 Å². The molecule has 156 valence electrons. The first kappa shape index (κ1) is 23.4. The second kappa shape index (κ2) is 13.5. The van der Waals surface area contributed by atoms with E-state index < -0.39 is 0 Å². The van der Waals surface area contributed by atoms with Gasteiger partial charge in [0.1, 0.15) is 12.4 Å². The van der Waals surface area contributed by atoms with Gasteiger partial charge in [0.25, 0.3) is 0 Å². The lowest BCUT2D eigenvalue weighted by atomic mass is 10.2. The van der Waals surface area contributed by atoms with Crippen molar-refractivity contribution < 1.29 is 4.74 Å². The van der Waals surface area contributed by atoms with Gasteiger partial charge < -0.3 is 24.8 Å². The molecule has 0 aliphatic heterocycles. The van der Waals surface area contributed by atoms with E-state index in [0.717, 1.165) is 63.2 Å². The number of aromatic nitrogens is 3. The molecule has 0 amide bonds. The van der Waals surface area contributed by atoms with Crippen molar-refractivity contribution in [1.82, 2.24) is 30.3 Å². The second-order valence-corrected chi connectivity index (χ2v) is 6.87. The highest BCUT2D eigenvalue weighted by Crippen LogP contribution is 2.02. The lowest BCUT2D eigenvalue weighted by Crippen LogP contribution is -2.43. The van der Waals surface area contributed by atoms with Crippen LogP contribution in [0.25, 0.3) is 0 Å². The number of nitrogens with one attached hydrogen (secondary N) is 2. The van der Waals surface area contributed by atoms with Crippen molar-refractivity contribution in [2.45, 2.75) is 59.5 Å². The number of nitrogens with zero attached hydrogens (tertiary/aromatic N) is 5. The molecule has 8 nitrogen and oxygen atoms in total. The Morgan fingerprint density at radius 3 is 2.59 bits per heavy atom. The molecule has 1 unspecified atom stereocenters. The first-order valence-corrected chi connectivity index (χ1v) is 10.1. The van der Waals surface area contributed by atoms with Crippen molar-refractivity contribution in [2.75, 3.05) is 39.9 Å². The summed E-state index contributed by atoms with van der Waals surface area (Å²) in [5, 5.41) is 15.2. The van der Waals surface area contributed by atoms with E-state index in [9.17, 15) is 0 Å². The van der Waals surface area contributed by atoms with Crippen molar-refractivity contribution in [3.05, 3.63) is 11.6 Å². The third-order valence-electron chi connectivity index (χ3n) is 4.77. The van der Waals surface area contributed by atoms with Crippen LogP contribution >= 0.6 is 0 Å². The minimum Gasteiger partial charge on any atom is -0.385 e. The Hall–Kier alpha value is -1.67. The molecule has 1 aromatic rings. The number of aryl methyl sites for hydroxylation is 1. The molecule has 1 rings (SSSR count). The zero-order valence-corrected chi connectivity index (χ0v) is 18.1. The third-order valence-corrected chi connectivity index (χ3v) is 4.77. The maximum atomic E-state index is 5.12. The fraction of sp³-hybridized carbons (Fsp3) is 0.842. The maximum absolute atomic E-state index is 5.12. The lowest BCUT2D eigenvalue weighted by Gasteiger charge is -2.21. The van der Waals surface area contributed by atoms with Crippen molar-refractivity contribution in [1.29, 1.82) is 0 Å². The zero-order chi connectivity index (χ0) is 20.1. The van der Waals surface area contributed by atoms with Crippen LogP contribution in [-0.2, 0) is 18.3 Å². The second-order valence-electron chi connectivity index (χ2n) is 6.87. The molecule has 0 aliphatic rings. The monoisotopic (exact) mass is 381 g/mol. The SMILES string of the molecule is CCN(CC)CCCC(C)NC(=NCc1nnc(C)n1C)NCCCOC. The van der Waals surface area contributed by atoms with E-state index in [1.165, 1.54) is 6.42 Å². The van der Waals surface area contributed by atoms with E-state index in [-0.39, 0.29) is 0 Å². The summed E-state index contributed by atoms with van der Waals surface area (Å²) in [6, 6.07) is 0.357. The Labute approximate surface area is 164 Å². The van der Waals surface area contributed by atoms with Gasteiger partial charge in [-0.2, -0.15) is 0 Å². The summed E-state index contributed by atoms with van der Waals surface area (Å²) in [4.78, 5) is 7.16. The van der Waals surface area contributed by atoms with Crippen LogP contribution in [0, 0.1) is 6.92 Å². The molecule has 27 heavy (non-hydrogen) atoms. The van der Waals surface area contributed by atoms with Gasteiger partial charge in [-0.05, 0) is 52.7 Å². The molecule has 0 saturated carbocycles. The Morgan fingerprint density at radius 2 is 2.00 bits per heavy atom. The number of hydrogen-bond acceptors (Lipinski definition) is 5. The summed E-state index contributed by atoms with van der Waals surface area (Å²) in [6.45, 7) is 14.0. The minimum atomic E-state index is 0.357. The van der Waals surface area contributed by atoms with Crippen molar-refractivity contribution in [2.24, 2.45) is 12.0 Å². The number of guanidine groups is 1. The van der Waals surface area contributed by atoms with Crippen LogP contribution in [0.1, 0.15) is 51.7 Å². The normalized spacial score (nSPS) is 13.2. The molecular weight excluding hydrogens is 342 g/mol. The van der Waals surface area contributed by atoms with E-state index in [2.05, 4.69) is 46.5 Å². The van der Waals surface area contributed by atoms with Gasteiger partial charge in [0.2, 0.25) is 0 Å². The third kappa shape index (κ3) is 9.19. The predicted octanol–water partition coefficient (Wildman–Crippen LogP) is 1.71. The molecule has 0 spiro atoms. The largest absolute Gasteiger partial charge is 0.385 e. The standard InChI is InChI=1S/C19H39N7O/c1-7-26(8-2)13-9-11-16(3)22-19(20-12-10-14-27-6)21-15-18-24-23-17(4)25(18)5/h16H,7-15H2,1-6H3,(H2,20,21,22). The summed E-state index contributed by atoms with van der Waals surface area (Å²) in [6.07, 6.45) is 3.23. The fourth-order valence-electron chi connectivity index (χ4n) is 2.78. The van der Waals surface area contributed by atoms with Crippen LogP contribution in [0.5, 0.6) is 0 Å². The average Bonchev–Trinajstić information content (AvgIpc) is 2.98. The summed E-state index contributed by atoms with van der Waals surface area (Å²) >= 11 is 0. The highest BCUT2D eigenvalue weighted by atomic mass is 16.5. The Balaban J connectivity index is 2.56. The maximum Gasteiger partial charge on any atom is 0.191 e. The Bertz CT molecular complexity index is 540. The van der Waals surface area contributed by atoms with Gasteiger partial charge >= 0.3 is 0 Å². The molecule has 0 radical (unpaired) electrons. The molecule has 0 aromatic carbocycles. The molecule has 1 aromatic heterocycles. The Kier molecular flexibility index (Phi) is 11.7. The molecule has 0 saturated heterocycles. The fourth-order valence-corrected chi connectivity index (χ4v) is 2.78. The molecule has 1 atom stereocenters. The van der Waals surface area contributed by atoms with Crippen LogP contribution in [0.2, 0.25) is 0 Å². The van der Waals surface area contributed by atoms with Gasteiger partial charge in [0, 0.05) is 33.4 Å². The zero-order valence-electron chi connectivity index (χ0n) is 18.1. The highest BCUT2D eigenvalue weighted by Gasteiger charge is 2.09. The molecule has 0 bridgehead atoms. The summed E-state index contributed by atoms with van der Waals surface area (Å²) in [5.41, 5.74) is 0. The number of aliphatic imine (C=N–C) groups is 1. The van der Waals surface area contributed by atoms with Crippen LogP contribution < -0.4 is 10.6 Å². The molecule has 0 aliphatic carbocycles. The van der Waals surface area contributed by atoms with Crippen molar-refractivity contribution in [3.8, 4) is 0 Å². The summed E-state index contributed by atoms with van der Waals surface area (Å²) in [7, 11) is 3.69. The van der Waals surface area contributed by atoms with Crippen molar-refractivity contribution in [3.63, 3.8) is 0 Å². The van der Waals surface area contributed by atoms with E-state index in [1.54, 1.807) is 7.11 Å². The lowest BCUT2D eigenvalue weighted by molar-refractivity contribution is 0.195. The minimum absolute atomic E-state index is 0.357. The van der Waals surface area contributed by atoms with Gasteiger partial charge in [0.05, 0.1) is 0 Å². The van der Waals surface area contributed by atoms with Crippen LogP contribution in [-0.4, -0.2) is 71.6 Å². The Morgan fingerprint density at radius 1 is 1.26 bits per heavy atom. The van der Waals surface area contributed by atoms with Gasteiger partial charge in [-0.25, -0.2) is 4.99 Å². The van der Waals surface area contributed by atoms with E-state index >= 15 is 0 Å². The first-order chi connectivity index (χ1) is 13.0. The number of ether oxygens (including phenoxy) is 1. The molecular formula is C19H39N7O. The summed E-state index contributed by atoms with van der Waals surface area (Å²) in [5.74, 6) is 2.58. The molecule has 0 fully saturated rings. The van der Waals surface area contributed by atoms with Crippen LogP contribution in [0.15, 0.2) is 4.99 Å². The topological polar surface area (TPSA) is 79.6 Å². The molecule has 1 heterocycles. The van der Waals surface area contributed by atoms with E-state index in [0.29, 0.717) is 12.6 Å². The quantitative estimate of drug-likeness (QED) is 0.308. The van der Waals surface area contributed by atoms with Gasteiger partial charge in [0.15, 0.2) is 11.8 Å². The summed E-state index contributed by atoms with van der Waals surface area (Å²) < 4.78 is 7.09. The number of rotatable bonds is 13. The van der Waals surface area contributed by atoms with E-state index in [4.69, 9.17) is 9.73 Å². The number of hydrogen-bond donors (Lipinski definition) is 2. The van der Waals surface area contributed by atoms with E-state index in [1.807, 2.05) is 18.5 Å². The highest BCUT2D eigenvalue weighted by molar-refractivity contribution is 5.80. The van der Waals surface area contributed by atoms with Crippen LogP contribution in [0.4, 0.5) is 0 Å². The van der Waals surface area contributed by atoms with Crippen molar-refractivity contribution >= 4 is 5.96 Å². The average molecular weight is 382 g/mol. The molecule has 2 N–H and O–H groups in total. The smallest absolute Gasteiger partial charge is 0.191 e.